The zero-order chi connectivity index (χ0) is 16.6. The molecule has 1 aliphatic heterocycles. The first-order valence-corrected chi connectivity index (χ1v) is 8.96. The van der Waals surface area contributed by atoms with E-state index in [1.54, 1.807) is 19.0 Å². The van der Waals surface area contributed by atoms with Crippen LogP contribution >= 0.6 is 11.3 Å². The maximum absolute atomic E-state index is 12.4. The molecule has 1 aliphatic carbocycles. The Morgan fingerprint density at radius 2 is 2.00 bits per heavy atom. The average molecular weight is 336 g/mol. The van der Waals surface area contributed by atoms with Crippen molar-refractivity contribution in [3.8, 4) is 0 Å². The summed E-state index contributed by atoms with van der Waals surface area (Å²) in [5.41, 5.74) is 0.896. The molecule has 3 rings (SSSR count). The summed E-state index contributed by atoms with van der Waals surface area (Å²) in [6.07, 6.45) is 4.11. The van der Waals surface area contributed by atoms with Crippen molar-refractivity contribution in [2.75, 3.05) is 27.2 Å². The van der Waals surface area contributed by atoms with Gasteiger partial charge in [-0.05, 0) is 38.0 Å². The molecule has 1 spiro atoms. The maximum Gasteiger partial charge on any atom is 0.317 e. The first-order valence-electron chi connectivity index (χ1n) is 8.08. The molecule has 6 nitrogen and oxygen atoms in total. The molecule has 2 heterocycles. The van der Waals surface area contributed by atoms with Crippen LogP contribution in [0.3, 0.4) is 0 Å². The summed E-state index contributed by atoms with van der Waals surface area (Å²) < 4.78 is 0. The van der Waals surface area contributed by atoms with E-state index in [4.69, 9.17) is 0 Å². The van der Waals surface area contributed by atoms with Crippen LogP contribution in [0, 0.1) is 12.3 Å². The number of hydrogen-bond donors (Lipinski definition) is 1. The molecule has 1 aromatic heterocycles. The smallest absolute Gasteiger partial charge is 0.317 e. The van der Waals surface area contributed by atoms with Gasteiger partial charge in [0.25, 0.3) is 5.91 Å². The van der Waals surface area contributed by atoms with Crippen molar-refractivity contribution in [2.45, 2.75) is 38.6 Å². The highest BCUT2D eigenvalue weighted by Gasteiger charge is 2.47. The van der Waals surface area contributed by atoms with Crippen molar-refractivity contribution in [3.63, 3.8) is 0 Å². The Bertz CT molecular complexity index is 597. The molecule has 2 aliphatic rings. The van der Waals surface area contributed by atoms with Crippen molar-refractivity contribution in [2.24, 2.45) is 5.41 Å². The van der Waals surface area contributed by atoms with Crippen LogP contribution in [0.25, 0.3) is 0 Å². The van der Waals surface area contributed by atoms with Crippen LogP contribution in [-0.4, -0.2) is 59.9 Å². The number of amides is 3. The van der Waals surface area contributed by atoms with Crippen LogP contribution in [0.2, 0.25) is 0 Å². The van der Waals surface area contributed by atoms with Crippen molar-refractivity contribution in [1.29, 1.82) is 0 Å². The zero-order valence-corrected chi connectivity index (χ0v) is 14.8. The molecule has 2 fully saturated rings. The van der Waals surface area contributed by atoms with Gasteiger partial charge in [0, 0.05) is 38.6 Å². The summed E-state index contributed by atoms with van der Waals surface area (Å²) >= 11 is 1.52. The molecule has 0 aromatic carbocycles. The van der Waals surface area contributed by atoms with E-state index < -0.39 is 0 Å². The molecule has 1 saturated carbocycles. The fourth-order valence-electron chi connectivity index (χ4n) is 3.61. The summed E-state index contributed by atoms with van der Waals surface area (Å²) in [7, 11) is 3.52. The van der Waals surface area contributed by atoms with Gasteiger partial charge in [-0.2, -0.15) is 0 Å². The lowest BCUT2D eigenvalue weighted by molar-refractivity contribution is 0.00995. The third-order valence-corrected chi connectivity index (χ3v) is 5.82. The molecule has 0 atom stereocenters. The number of nitrogens with one attached hydrogen (secondary N) is 1. The molecular weight excluding hydrogens is 312 g/mol. The van der Waals surface area contributed by atoms with Crippen LogP contribution in [0.5, 0.6) is 0 Å². The molecule has 0 radical (unpaired) electrons. The van der Waals surface area contributed by atoms with Gasteiger partial charge in [0.1, 0.15) is 5.69 Å². The van der Waals surface area contributed by atoms with Gasteiger partial charge in [-0.3, -0.25) is 4.79 Å². The highest BCUT2D eigenvalue weighted by molar-refractivity contribution is 7.09. The summed E-state index contributed by atoms with van der Waals surface area (Å²) in [4.78, 5) is 31.9. The van der Waals surface area contributed by atoms with Gasteiger partial charge < -0.3 is 15.1 Å². The number of carbonyl (C=O) groups excluding carboxylic acids is 2. The van der Waals surface area contributed by atoms with E-state index >= 15 is 0 Å². The summed E-state index contributed by atoms with van der Waals surface area (Å²) in [6, 6.07) is 0.268. The normalized spacial score (nSPS) is 20.2. The SMILES string of the molecule is Cc1nc(C(=O)N2CCC3(CC2)CC(NC(=O)N(C)C)C3)cs1. The lowest BCUT2D eigenvalue weighted by Gasteiger charge is -2.52. The van der Waals surface area contributed by atoms with E-state index in [2.05, 4.69) is 10.3 Å². The molecule has 23 heavy (non-hydrogen) atoms. The number of likely N-dealkylation sites (tertiary alicyclic amines) is 1. The number of piperidine rings is 1. The van der Waals surface area contributed by atoms with Crippen molar-refractivity contribution in [1.82, 2.24) is 20.1 Å². The number of thiazole rings is 1. The summed E-state index contributed by atoms with van der Waals surface area (Å²) in [5.74, 6) is 0.0565. The first kappa shape index (κ1) is 16.2. The van der Waals surface area contributed by atoms with E-state index in [1.807, 2.05) is 17.2 Å². The van der Waals surface area contributed by atoms with Crippen molar-refractivity contribution < 1.29 is 9.59 Å². The fourth-order valence-corrected chi connectivity index (χ4v) is 4.19. The van der Waals surface area contributed by atoms with Crippen molar-refractivity contribution >= 4 is 23.3 Å². The Hall–Kier alpha value is -1.63. The second-order valence-electron chi connectivity index (χ2n) is 6.99. The topological polar surface area (TPSA) is 65.5 Å². The number of rotatable bonds is 2. The second-order valence-corrected chi connectivity index (χ2v) is 8.06. The molecule has 1 saturated heterocycles. The van der Waals surface area contributed by atoms with Gasteiger partial charge in [-0.1, -0.05) is 0 Å². The third-order valence-electron chi connectivity index (χ3n) is 5.04. The summed E-state index contributed by atoms with van der Waals surface area (Å²) in [6.45, 7) is 3.51. The molecule has 1 aromatic rings. The van der Waals surface area contributed by atoms with Crippen LogP contribution < -0.4 is 5.32 Å². The molecule has 0 bridgehead atoms. The van der Waals surface area contributed by atoms with Gasteiger partial charge in [-0.15, -0.1) is 11.3 Å². The number of hydrogen-bond acceptors (Lipinski definition) is 4. The van der Waals surface area contributed by atoms with Gasteiger partial charge in [0.15, 0.2) is 0 Å². The molecule has 7 heteroatoms. The monoisotopic (exact) mass is 336 g/mol. The third kappa shape index (κ3) is 3.34. The molecule has 126 valence electrons. The minimum Gasteiger partial charge on any atom is -0.337 e. The lowest BCUT2D eigenvalue weighted by Crippen LogP contribution is -2.56. The number of aryl methyl sites for hydroxylation is 1. The first-order chi connectivity index (χ1) is 10.9. The average Bonchev–Trinajstić information content (AvgIpc) is 2.92. The molecule has 1 N–H and O–H groups in total. The van der Waals surface area contributed by atoms with E-state index in [9.17, 15) is 9.59 Å². The second kappa shape index (κ2) is 6.11. The minimum absolute atomic E-state index is 0.0173. The molecule has 0 unspecified atom stereocenters. The largest absolute Gasteiger partial charge is 0.337 e. The van der Waals surface area contributed by atoms with Gasteiger partial charge in [0.2, 0.25) is 0 Å². The number of aromatic nitrogens is 1. The van der Waals surface area contributed by atoms with Gasteiger partial charge >= 0.3 is 6.03 Å². The van der Waals surface area contributed by atoms with E-state index in [-0.39, 0.29) is 18.0 Å². The van der Waals surface area contributed by atoms with Crippen LogP contribution in [0.4, 0.5) is 4.79 Å². The predicted octanol–water partition coefficient (Wildman–Crippen LogP) is 2.11. The molecular formula is C16H24N4O2S. The van der Waals surface area contributed by atoms with E-state index in [0.717, 1.165) is 43.8 Å². The van der Waals surface area contributed by atoms with Gasteiger partial charge in [0.05, 0.1) is 5.01 Å². The Morgan fingerprint density at radius 3 is 2.52 bits per heavy atom. The fraction of sp³-hybridized carbons (Fsp3) is 0.688. The lowest BCUT2D eigenvalue weighted by atomic mass is 9.60. The Kier molecular flexibility index (Phi) is 4.31. The van der Waals surface area contributed by atoms with Crippen LogP contribution in [0.1, 0.15) is 41.2 Å². The quantitative estimate of drug-likeness (QED) is 0.899. The minimum atomic E-state index is -0.0173. The predicted molar refractivity (Wildman–Crippen MR) is 89.7 cm³/mol. The highest BCUT2D eigenvalue weighted by atomic mass is 32.1. The van der Waals surface area contributed by atoms with Gasteiger partial charge in [-0.25, -0.2) is 9.78 Å². The number of carbonyl (C=O) groups is 2. The van der Waals surface area contributed by atoms with Crippen LogP contribution in [0.15, 0.2) is 5.38 Å². The van der Waals surface area contributed by atoms with E-state index in [1.165, 1.54) is 11.3 Å². The Morgan fingerprint density at radius 1 is 1.35 bits per heavy atom. The van der Waals surface area contributed by atoms with Crippen LogP contribution in [-0.2, 0) is 0 Å². The van der Waals surface area contributed by atoms with E-state index in [0.29, 0.717) is 11.1 Å². The number of urea groups is 1. The highest BCUT2D eigenvalue weighted by Crippen LogP contribution is 2.49. The van der Waals surface area contributed by atoms with Crippen molar-refractivity contribution in [3.05, 3.63) is 16.1 Å². The Labute approximate surface area is 140 Å². The number of nitrogens with zero attached hydrogens (tertiary/aromatic N) is 3. The standard InChI is InChI=1S/C16H24N4O2S/c1-11-17-13(10-23-11)14(21)20-6-4-16(5-7-20)8-12(9-16)18-15(22)19(2)3/h10,12H,4-9H2,1-3H3,(H,18,22). The zero-order valence-electron chi connectivity index (χ0n) is 14.0. The maximum atomic E-state index is 12.4. The Balaban J connectivity index is 1.48. The molecule has 3 amide bonds. The summed E-state index contributed by atoms with van der Waals surface area (Å²) in [5, 5.41) is 5.82.